The predicted octanol–water partition coefficient (Wildman–Crippen LogP) is 4.95. The molecule has 0 heterocycles. The topological polar surface area (TPSA) is 12.0 Å². The van der Waals surface area contributed by atoms with E-state index in [2.05, 4.69) is 83.6 Å². The van der Waals surface area contributed by atoms with E-state index < -0.39 is 0 Å². The molecule has 2 aromatic rings. The third kappa shape index (κ3) is 4.98. The maximum absolute atomic E-state index is 3.49. The van der Waals surface area contributed by atoms with E-state index in [0.717, 1.165) is 17.3 Å². The van der Waals surface area contributed by atoms with Crippen LogP contribution in [0.3, 0.4) is 0 Å². The SMILES string of the molecule is CNC(Cc1ccc(Br)cc1)Cc1ccc(C(C)C)cc1. The van der Waals surface area contributed by atoms with Crippen molar-refractivity contribution in [3.05, 3.63) is 69.7 Å². The van der Waals surface area contributed by atoms with Crippen LogP contribution in [0.1, 0.15) is 36.5 Å². The van der Waals surface area contributed by atoms with Crippen LogP contribution in [0, 0.1) is 0 Å². The molecule has 0 aliphatic rings. The normalized spacial score (nSPS) is 12.6. The standard InChI is InChI=1S/C19H24BrN/c1-14(2)17-8-4-15(5-9-17)12-19(21-3)13-16-6-10-18(20)11-7-16/h4-11,14,19,21H,12-13H2,1-3H3. The van der Waals surface area contributed by atoms with Crippen LogP contribution in [-0.2, 0) is 12.8 Å². The average Bonchev–Trinajstić information content (AvgIpc) is 2.49. The summed E-state index contributed by atoms with van der Waals surface area (Å²) in [7, 11) is 2.05. The maximum atomic E-state index is 3.49. The third-order valence-corrected chi connectivity index (χ3v) is 4.46. The Morgan fingerprint density at radius 1 is 0.857 bits per heavy atom. The van der Waals surface area contributed by atoms with Crippen LogP contribution < -0.4 is 5.32 Å². The van der Waals surface area contributed by atoms with E-state index in [1.165, 1.54) is 16.7 Å². The molecule has 1 atom stereocenters. The lowest BCUT2D eigenvalue weighted by atomic mass is 9.96. The molecule has 0 saturated heterocycles. The van der Waals surface area contributed by atoms with Gasteiger partial charge in [-0.2, -0.15) is 0 Å². The maximum Gasteiger partial charge on any atom is 0.0175 e. The van der Waals surface area contributed by atoms with E-state index in [1.807, 2.05) is 7.05 Å². The minimum atomic E-state index is 0.469. The van der Waals surface area contributed by atoms with Crippen LogP contribution in [0.15, 0.2) is 53.0 Å². The molecule has 1 unspecified atom stereocenters. The monoisotopic (exact) mass is 345 g/mol. The highest BCUT2D eigenvalue weighted by Gasteiger charge is 2.09. The molecule has 0 aliphatic heterocycles. The van der Waals surface area contributed by atoms with E-state index in [0.29, 0.717) is 12.0 Å². The summed E-state index contributed by atoms with van der Waals surface area (Å²) in [5.74, 6) is 0.599. The molecule has 0 aliphatic carbocycles. The smallest absolute Gasteiger partial charge is 0.0175 e. The zero-order chi connectivity index (χ0) is 15.2. The first-order valence-corrected chi connectivity index (χ1v) is 8.38. The van der Waals surface area contributed by atoms with Gasteiger partial charge < -0.3 is 5.32 Å². The minimum absolute atomic E-state index is 0.469. The van der Waals surface area contributed by atoms with Crippen molar-refractivity contribution in [2.45, 2.75) is 38.6 Å². The van der Waals surface area contributed by atoms with Gasteiger partial charge in [0.1, 0.15) is 0 Å². The Morgan fingerprint density at radius 2 is 1.33 bits per heavy atom. The fraction of sp³-hybridized carbons (Fsp3) is 0.368. The second-order valence-corrected chi connectivity index (χ2v) is 6.83. The van der Waals surface area contributed by atoms with Gasteiger partial charge in [-0.3, -0.25) is 0 Å². The van der Waals surface area contributed by atoms with Gasteiger partial charge in [0.15, 0.2) is 0 Å². The van der Waals surface area contributed by atoms with Crippen molar-refractivity contribution in [3.63, 3.8) is 0 Å². The van der Waals surface area contributed by atoms with Gasteiger partial charge in [0, 0.05) is 10.5 Å². The number of likely N-dealkylation sites (N-methyl/N-ethyl adjacent to an activating group) is 1. The van der Waals surface area contributed by atoms with Gasteiger partial charge in [0.2, 0.25) is 0 Å². The molecule has 0 amide bonds. The van der Waals surface area contributed by atoms with Gasteiger partial charge in [-0.1, -0.05) is 66.2 Å². The molecule has 0 bridgehead atoms. The molecular formula is C19H24BrN. The molecule has 2 aromatic carbocycles. The Balaban J connectivity index is 1.99. The number of benzene rings is 2. The zero-order valence-corrected chi connectivity index (χ0v) is 14.7. The molecule has 2 heteroatoms. The summed E-state index contributed by atoms with van der Waals surface area (Å²) in [4.78, 5) is 0. The second-order valence-electron chi connectivity index (χ2n) is 5.92. The molecule has 112 valence electrons. The van der Waals surface area contributed by atoms with E-state index in [9.17, 15) is 0 Å². The molecule has 0 aromatic heterocycles. The van der Waals surface area contributed by atoms with Crippen LogP contribution in [0.2, 0.25) is 0 Å². The van der Waals surface area contributed by atoms with E-state index >= 15 is 0 Å². The third-order valence-electron chi connectivity index (χ3n) is 3.93. The largest absolute Gasteiger partial charge is 0.316 e. The van der Waals surface area contributed by atoms with E-state index in [4.69, 9.17) is 0 Å². The van der Waals surface area contributed by atoms with Gasteiger partial charge >= 0.3 is 0 Å². The Labute approximate surface area is 136 Å². The Morgan fingerprint density at radius 3 is 1.76 bits per heavy atom. The number of halogens is 1. The van der Waals surface area contributed by atoms with Crippen LogP contribution in [-0.4, -0.2) is 13.1 Å². The molecule has 0 spiro atoms. The van der Waals surface area contributed by atoms with Gasteiger partial charge in [-0.25, -0.2) is 0 Å². The second kappa shape index (κ2) is 7.77. The Hall–Kier alpha value is -1.12. The Bertz CT molecular complexity index is 543. The molecule has 1 N–H and O–H groups in total. The van der Waals surface area contributed by atoms with Gasteiger partial charge in [0.25, 0.3) is 0 Å². The first-order valence-electron chi connectivity index (χ1n) is 7.59. The molecular weight excluding hydrogens is 322 g/mol. The zero-order valence-electron chi connectivity index (χ0n) is 13.1. The van der Waals surface area contributed by atoms with E-state index in [-0.39, 0.29) is 0 Å². The molecule has 1 nitrogen and oxygen atoms in total. The fourth-order valence-electron chi connectivity index (χ4n) is 2.50. The van der Waals surface area contributed by atoms with E-state index in [1.54, 1.807) is 0 Å². The van der Waals surface area contributed by atoms with Gasteiger partial charge in [-0.05, 0) is 54.6 Å². The summed E-state index contributed by atoms with van der Waals surface area (Å²) in [6.45, 7) is 4.47. The van der Waals surface area contributed by atoms with Crippen molar-refractivity contribution in [3.8, 4) is 0 Å². The summed E-state index contributed by atoms with van der Waals surface area (Å²) in [6, 6.07) is 18.1. The lowest BCUT2D eigenvalue weighted by Crippen LogP contribution is -2.29. The summed E-state index contributed by atoms with van der Waals surface area (Å²) < 4.78 is 1.14. The summed E-state index contributed by atoms with van der Waals surface area (Å²) in [5.41, 5.74) is 4.18. The highest BCUT2D eigenvalue weighted by atomic mass is 79.9. The van der Waals surface area contributed by atoms with Crippen molar-refractivity contribution in [1.82, 2.24) is 5.32 Å². The van der Waals surface area contributed by atoms with Crippen LogP contribution in [0.4, 0.5) is 0 Å². The molecule has 2 rings (SSSR count). The first kappa shape index (κ1) is 16.3. The van der Waals surface area contributed by atoms with Crippen molar-refractivity contribution < 1.29 is 0 Å². The summed E-state index contributed by atoms with van der Waals surface area (Å²) in [5, 5.41) is 3.44. The van der Waals surface area contributed by atoms with Gasteiger partial charge in [-0.15, -0.1) is 0 Å². The first-order chi connectivity index (χ1) is 10.1. The van der Waals surface area contributed by atoms with Crippen molar-refractivity contribution in [2.75, 3.05) is 7.05 Å². The van der Waals surface area contributed by atoms with Crippen molar-refractivity contribution >= 4 is 15.9 Å². The number of nitrogens with one attached hydrogen (secondary N) is 1. The minimum Gasteiger partial charge on any atom is -0.316 e. The van der Waals surface area contributed by atoms with Gasteiger partial charge in [0.05, 0.1) is 0 Å². The summed E-state index contributed by atoms with van der Waals surface area (Å²) >= 11 is 3.49. The van der Waals surface area contributed by atoms with Crippen molar-refractivity contribution in [1.29, 1.82) is 0 Å². The lowest BCUT2D eigenvalue weighted by molar-refractivity contribution is 0.556. The molecule has 21 heavy (non-hydrogen) atoms. The number of hydrogen-bond donors (Lipinski definition) is 1. The molecule has 0 saturated carbocycles. The predicted molar refractivity (Wildman–Crippen MR) is 94.9 cm³/mol. The molecule has 0 radical (unpaired) electrons. The van der Waals surface area contributed by atoms with Crippen LogP contribution in [0.5, 0.6) is 0 Å². The highest BCUT2D eigenvalue weighted by molar-refractivity contribution is 9.10. The highest BCUT2D eigenvalue weighted by Crippen LogP contribution is 2.17. The average molecular weight is 346 g/mol. The summed E-state index contributed by atoms with van der Waals surface area (Å²) in [6.07, 6.45) is 2.11. The van der Waals surface area contributed by atoms with Crippen LogP contribution >= 0.6 is 15.9 Å². The molecule has 0 fully saturated rings. The number of rotatable bonds is 6. The Kier molecular flexibility index (Phi) is 6.01. The number of hydrogen-bond acceptors (Lipinski definition) is 1. The quantitative estimate of drug-likeness (QED) is 0.781. The fourth-order valence-corrected chi connectivity index (χ4v) is 2.77. The lowest BCUT2D eigenvalue weighted by Gasteiger charge is -2.17. The van der Waals surface area contributed by atoms with Crippen LogP contribution in [0.25, 0.3) is 0 Å². The van der Waals surface area contributed by atoms with Crippen molar-refractivity contribution in [2.24, 2.45) is 0 Å².